The minimum Gasteiger partial charge on any atom is -0.444 e. The Morgan fingerprint density at radius 2 is 1.89 bits per heavy atom. The predicted octanol–water partition coefficient (Wildman–Crippen LogP) is 6.96. The van der Waals surface area contributed by atoms with E-state index in [9.17, 15) is 4.79 Å². The van der Waals surface area contributed by atoms with Gasteiger partial charge in [-0.05, 0) is 58.6 Å². The summed E-state index contributed by atoms with van der Waals surface area (Å²) in [4.78, 5) is 25.1. The van der Waals surface area contributed by atoms with Crippen LogP contribution in [0.25, 0.3) is 33.2 Å². The summed E-state index contributed by atoms with van der Waals surface area (Å²) in [5.41, 5.74) is 3.38. The lowest BCUT2D eigenvalue weighted by molar-refractivity contribution is 0.0492. The molecule has 4 aromatic rings. The standard InChI is InChI=1S/C33H43ClN8O3Si/c1-33(2,3)45-32(43)37-21-15-22-7-8-23(16-21)42(22)28-17-36-30-25(18-40(31(30)38-28)20-44-13-14-46(4,5)6)24-9-10-27-26(29(24)34)19-41(39-27)12-11-35/h9-10,17-19,21-23H,7-8,12-16,20H2,1-6H3,(H,37,43)/t21-,22+,23-. The van der Waals surface area contributed by atoms with Crippen LogP contribution in [-0.2, 0) is 22.7 Å². The molecule has 2 aliphatic rings. The molecule has 46 heavy (non-hydrogen) atoms. The average Bonchev–Trinajstić information content (AvgIpc) is 3.62. The molecule has 1 aromatic carbocycles. The van der Waals surface area contributed by atoms with Crippen molar-refractivity contribution in [1.82, 2.24) is 29.6 Å². The van der Waals surface area contributed by atoms with E-state index in [1.54, 1.807) is 4.68 Å². The Hall–Kier alpha value is -3.66. The molecule has 6 rings (SSSR count). The van der Waals surface area contributed by atoms with Gasteiger partial charge in [-0.15, -0.1) is 0 Å². The van der Waals surface area contributed by atoms with Crippen molar-refractivity contribution in [2.45, 2.75) is 109 Å². The molecule has 0 radical (unpaired) electrons. The SMILES string of the molecule is CC(C)(C)OC(=O)N[C@H]1C[C@H]2CC[C@@H](C1)N2c1cnc2c(-c3ccc4nn(CC#N)cc4c3Cl)cn(COCC[Si](C)(C)C)c2n1. The minimum absolute atomic E-state index is 0.0603. The van der Waals surface area contributed by atoms with Crippen LogP contribution in [0.2, 0.25) is 30.7 Å². The van der Waals surface area contributed by atoms with Crippen molar-refractivity contribution < 1.29 is 14.3 Å². The molecule has 2 bridgehead atoms. The van der Waals surface area contributed by atoms with Crippen LogP contribution >= 0.6 is 11.6 Å². The van der Waals surface area contributed by atoms with E-state index in [-0.39, 0.29) is 30.8 Å². The summed E-state index contributed by atoms with van der Waals surface area (Å²) in [6, 6.07) is 7.65. The number of nitrogens with zero attached hydrogens (tertiary/aromatic N) is 7. The number of ether oxygens (including phenoxy) is 2. The number of carbonyl (C=O) groups is 1. The zero-order valence-electron chi connectivity index (χ0n) is 27.5. The van der Waals surface area contributed by atoms with Crippen molar-refractivity contribution in [1.29, 1.82) is 5.26 Å². The van der Waals surface area contributed by atoms with E-state index in [0.29, 0.717) is 18.4 Å². The Morgan fingerprint density at radius 3 is 2.57 bits per heavy atom. The maximum Gasteiger partial charge on any atom is 0.407 e. The van der Waals surface area contributed by atoms with E-state index in [1.807, 2.05) is 56.1 Å². The molecule has 244 valence electrons. The van der Waals surface area contributed by atoms with E-state index in [4.69, 9.17) is 36.3 Å². The fourth-order valence-electron chi connectivity index (χ4n) is 6.61. The molecular formula is C33H43ClN8O3Si. The Labute approximate surface area is 275 Å². The van der Waals surface area contributed by atoms with Gasteiger partial charge in [-0.25, -0.2) is 14.8 Å². The number of hydrogen-bond donors (Lipinski definition) is 1. The van der Waals surface area contributed by atoms with Crippen LogP contribution in [0.5, 0.6) is 0 Å². The number of rotatable bonds is 9. The first-order chi connectivity index (χ1) is 21.8. The second-order valence-corrected chi connectivity index (χ2v) is 20.7. The summed E-state index contributed by atoms with van der Waals surface area (Å²) >= 11 is 6.99. The number of anilines is 1. The van der Waals surface area contributed by atoms with Crippen LogP contribution < -0.4 is 10.2 Å². The number of alkyl carbamates (subject to hydrolysis) is 1. The molecule has 0 saturated carbocycles. The van der Waals surface area contributed by atoms with Gasteiger partial charge >= 0.3 is 6.09 Å². The van der Waals surface area contributed by atoms with E-state index in [1.165, 1.54) is 0 Å². The third-order valence-electron chi connectivity index (χ3n) is 8.69. The van der Waals surface area contributed by atoms with Gasteiger partial charge in [0.15, 0.2) is 5.65 Å². The van der Waals surface area contributed by atoms with E-state index in [2.05, 4.69) is 41.0 Å². The number of amides is 1. The Bertz CT molecular complexity index is 1790. The highest BCUT2D eigenvalue weighted by molar-refractivity contribution is 6.76. The smallest absolute Gasteiger partial charge is 0.407 e. The van der Waals surface area contributed by atoms with Crippen LogP contribution in [-0.4, -0.2) is 68.8 Å². The summed E-state index contributed by atoms with van der Waals surface area (Å²) in [6.07, 6.45) is 9.08. The zero-order chi connectivity index (χ0) is 32.8. The first kappa shape index (κ1) is 32.3. The molecule has 13 heteroatoms. The third-order valence-corrected chi connectivity index (χ3v) is 10.8. The van der Waals surface area contributed by atoms with Crippen LogP contribution in [0.4, 0.5) is 10.6 Å². The fraction of sp³-hybridized carbons (Fsp3) is 0.545. The fourth-order valence-corrected chi connectivity index (χ4v) is 7.68. The average molecular weight is 663 g/mol. The summed E-state index contributed by atoms with van der Waals surface area (Å²) in [5, 5.41) is 18.1. The zero-order valence-corrected chi connectivity index (χ0v) is 29.3. The highest BCUT2D eigenvalue weighted by atomic mass is 35.5. The lowest BCUT2D eigenvalue weighted by Gasteiger charge is -2.39. The van der Waals surface area contributed by atoms with Gasteiger partial charge in [0.05, 0.1) is 22.8 Å². The topological polar surface area (TPSA) is 123 Å². The Kier molecular flexibility index (Phi) is 8.78. The number of aromatic nitrogens is 5. The summed E-state index contributed by atoms with van der Waals surface area (Å²) in [7, 11) is -1.25. The van der Waals surface area contributed by atoms with Crippen molar-refractivity contribution in [3.63, 3.8) is 0 Å². The van der Waals surface area contributed by atoms with E-state index >= 15 is 0 Å². The molecule has 0 unspecified atom stereocenters. The van der Waals surface area contributed by atoms with Crippen LogP contribution in [0, 0.1) is 11.3 Å². The molecule has 2 saturated heterocycles. The largest absolute Gasteiger partial charge is 0.444 e. The van der Waals surface area contributed by atoms with Crippen LogP contribution in [0.15, 0.2) is 30.7 Å². The predicted molar refractivity (Wildman–Crippen MR) is 183 cm³/mol. The Balaban J connectivity index is 1.31. The number of nitriles is 1. The number of nitrogens with one attached hydrogen (secondary N) is 1. The number of fused-ring (bicyclic) bond motifs is 4. The quantitative estimate of drug-likeness (QED) is 0.151. The van der Waals surface area contributed by atoms with Crippen molar-refractivity contribution in [3.8, 4) is 17.2 Å². The molecule has 1 N–H and O–H groups in total. The van der Waals surface area contributed by atoms with Gasteiger partial charge in [-0.2, -0.15) is 10.4 Å². The van der Waals surface area contributed by atoms with Gasteiger partial charge in [0.25, 0.3) is 0 Å². The van der Waals surface area contributed by atoms with Crippen LogP contribution in [0.3, 0.4) is 0 Å². The minimum atomic E-state index is -1.25. The number of carbonyl (C=O) groups excluding carboxylic acids is 1. The second kappa shape index (κ2) is 12.5. The van der Waals surface area contributed by atoms with Crippen molar-refractivity contribution >= 4 is 53.7 Å². The molecule has 2 aliphatic heterocycles. The van der Waals surface area contributed by atoms with E-state index in [0.717, 1.165) is 70.7 Å². The van der Waals surface area contributed by atoms with Gasteiger partial charge in [0, 0.05) is 61.7 Å². The summed E-state index contributed by atoms with van der Waals surface area (Å²) < 4.78 is 15.3. The second-order valence-electron chi connectivity index (χ2n) is 14.7. The molecule has 2 fully saturated rings. The highest BCUT2D eigenvalue weighted by Gasteiger charge is 2.42. The number of benzene rings is 1. The normalized spacial score (nSPS) is 20.0. The molecule has 3 aromatic heterocycles. The molecule has 1 amide bonds. The maximum atomic E-state index is 12.5. The lowest BCUT2D eigenvalue weighted by Crippen LogP contribution is -2.51. The third kappa shape index (κ3) is 6.87. The Morgan fingerprint density at radius 1 is 1.15 bits per heavy atom. The molecule has 5 heterocycles. The van der Waals surface area contributed by atoms with Crippen molar-refractivity contribution in [3.05, 3.63) is 35.7 Å². The van der Waals surface area contributed by atoms with Gasteiger partial charge in [0.2, 0.25) is 0 Å². The van der Waals surface area contributed by atoms with Crippen molar-refractivity contribution in [2.75, 3.05) is 11.5 Å². The first-order valence-electron chi connectivity index (χ1n) is 16.0. The number of piperidine rings is 1. The van der Waals surface area contributed by atoms with Gasteiger partial charge in [-0.1, -0.05) is 37.3 Å². The highest BCUT2D eigenvalue weighted by Crippen LogP contribution is 2.41. The number of halogens is 1. The van der Waals surface area contributed by atoms with Gasteiger partial charge < -0.3 is 24.3 Å². The van der Waals surface area contributed by atoms with Crippen molar-refractivity contribution in [2.24, 2.45) is 0 Å². The summed E-state index contributed by atoms with van der Waals surface area (Å²) in [6.45, 7) is 13.9. The van der Waals surface area contributed by atoms with Gasteiger partial charge in [0.1, 0.15) is 30.2 Å². The van der Waals surface area contributed by atoms with Crippen LogP contribution in [0.1, 0.15) is 46.5 Å². The van der Waals surface area contributed by atoms with E-state index < -0.39 is 13.7 Å². The molecular weight excluding hydrogens is 620 g/mol. The molecule has 11 nitrogen and oxygen atoms in total. The number of hydrogen-bond acceptors (Lipinski definition) is 8. The molecule has 3 atom stereocenters. The first-order valence-corrected chi connectivity index (χ1v) is 20.1. The maximum absolute atomic E-state index is 12.5. The lowest BCUT2D eigenvalue weighted by atomic mass is 9.97. The molecule has 0 aliphatic carbocycles. The monoisotopic (exact) mass is 662 g/mol. The molecule has 0 spiro atoms. The summed E-state index contributed by atoms with van der Waals surface area (Å²) in [5.74, 6) is 0.836. The van der Waals surface area contributed by atoms with Gasteiger partial charge in [-0.3, -0.25) is 4.68 Å².